The number of H-pyrrole nitrogens is 2. The van der Waals surface area contributed by atoms with E-state index in [-0.39, 0.29) is 24.9 Å². The summed E-state index contributed by atoms with van der Waals surface area (Å²) < 4.78 is 6.09. The first-order valence-corrected chi connectivity index (χ1v) is 10.7. The standard InChI is InChI=1S/C24H27N5O4/c1-16-7-9-18(10-8-16)19-6-4-5-17(13-19)14-24(22(31)28(2)3)15-29(11-12-33-24)21(30)20-25-23(32)27-26-20/h4-10,13H,11-12,14-15H2,1-3H3,(H2,25,26,27,32)/t24-/m0/s1. The van der Waals surface area contributed by atoms with Crippen LogP contribution in [-0.4, -0.2) is 76.2 Å². The van der Waals surface area contributed by atoms with Gasteiger partial charge in [0.15, 0.2) is 5.60 Å². The number of rotatable bonds is 5. The van der Waals surface area contributed by atoms with Crippen molar-refractivity contribution in [3.8, 4) is 11.1 Å². The third kappa shape index (κ3) is 4.73. The summed E-state index contributed by atoms with van der Waals surface area (Å²) in [6.45, 7) is 2.58. The molecule has 2 N–H and O–H groups in total. The molecule has 9 nitrogen and oxygen atoms in total. The first-order valence-electron chi connectivity index (χ1n) is 10.7. The molecule has 172 valence electrons. The Balaban J connectivity index is 1.64. The number of benzene rings is 2. The van der Waals surface area contributed by atoms with Crippen LogP contribution in [0.3, 0.4) is 0 Å². The maximum atomic E-state index is 13.3. The van der Waals surface area contributed by atoms with Crippen molar-refractivity contribution in [2.75, 3.05) is 33.8 Å². The lowest BCUT2D eigenvalue weighted by Crippen LogP contribution is -2.61. The van der Waals surface area contributed by atoms with Gasteiger partial charge >= 0.3 is 5.69 Å². The molecule has 2 amide bonds. The van der Waals surface area contributed by atoms with E-state index in [0.717, 1.165) is 16.7 Å². The average Bonchev–Trinajstić information content (AvgIpc) is 3.25. The maximum absolute atomic E-state index is 13.3. The van der Waals surface area contributed by atoms with Gasteiger partial charge in [-0.1, -0.05) is 54.1 Å². The van der Waals surface area contributed by atoms with Crippen molar-refractivity contribution in [2.24, 2.45) is 0 Å². The number of likely N-dealkylation sites (N-methyl/N-ethyl adjacent to an activating group) is 1. The van der Waals surface area contributed by atoms with Crippen LogP contribution in [0.25, 0.3) is 11.1 Å². The van der Waals surface area contributed by atoms with Crippen molar-refractivity contribution in [1.29, 1.82) is 0 Å². The van der Waals surface area contributed by atoms with Gasteiger partial charge in [0.05, 0.1) is 13.2 Å². The fourth-order valence-electron chi connectivity index (χ4n) is 4.13. The van der Waals surface area contributed by atoms with Crippen molar-refractivity contribution in [3.05, 3.63) is 76.0 Å². The molecule has 0 saturated carbocycles. The van der Waals surface area contributed by atoms with Gasteiger partial charge in [0, 0.05) is 27.1 Å². The highest BCUT2D eigenvalue weighted by atomic mass is 16.5. The summed E-state index contributed by atoms with van der Waals surface area (Å²) in [6.07, 6.45) is 0.296. The van der Waals surface area contributed by atoms with Crippen molar-refractivity contribution < 1.29 is 14.3 Å². The van der Waals surface area contributed by atoms with Gasteiger partial charge in [-0.25, -0.2) is 9.89 Å². The minimum Gasteiger partial charge on any atom is -0.361 e. The van der Waals surface area contributed by atoms with E-state index >= 15 is 0 Å². The third-order valence-corrected chi connectivity index (χ3v) is 5.77. The quantitative estimate of drug-likeness (QED) is 0.615. The molecule has 2 heterocycles. The van der Waals surface area contributed by atoms with E-state index < -0.39 is 17.2 Å². The van der Waals surface area contributed by atoms with Crippen molar-refractivity contribution in [1.82, 2.24) is 25.0 Å². The number of ether oxygens (including phenoxy) is 1. The topological polar surface area (TPSA) is 111 Å². The van der Waals surface area contributed by atoms with Gasteiger partial charge in [0.25, 0.3) is 11.8 Å². The number of amides is 2. The molecular weight excluding hydrogens is 422 g/mol. The number of morpholine rings is 1. The Labute approximate surface area is 191 Å². The molecule has 3 aromatic rings. The molecule has 1 fully saturated rings. The van der Waals surface area contributed by atoms with Gasteiger partial charge in [-0.3, -0.25) is 14.6 Å². The van der Waals surface area contributed by atoms with Crippen LogP contribution in [0.2, 0.25) is 0 Å². The average molecular weight is 450 g/mol. The number of aromatic amines is 2. The van der Waals surface area contributed by atoms with E-state index in [0.29, 0.717) is 13.0 Å². The number of aryl methyl sites for hydroxylation is 1. The Morgan fingerprint density at radius 1 is 1.15 bits per heavy atom. The molecule has 2 aromatic carbocycles. The van der Waals surface area contributed by atoms with Gasteiger partial charge in [-0.15, -0.1) is 5.10 Å². The zero-order valence-corrected chi connectivity index (χ0v) is 18.9. The molecular formula is C24H27N5O4. The lowest BCUT2D eigenvalue weighted by molar-refractivity contribution is -0.165. The van der Waals surface area contributed by atoms with Crippen LogP contribution in [0.1, 0.15) is 21.7 Å². The first-order chi connectivity index (χ1) is 15.8. The molecule has 1 saturated heterocycles. The van der Waals surface area contributed by atoms with Crippen LogP contribution in [0.5, 0.6) is 0 Å². The summed E-state index contributed by atoms with van der Waals surface area (Å²) in [5.74, 6) is -0.772. The Morgan fingerprint density at radius 3 is 2.58 bits per heavy atom. The van der Waals surface area contributed by atoms with E-state index in [1.165, 1.54) is 15.4 Å². The fourth-order valence-corrected chi connectivity index (χ4v) is 4.13. The molecule has 1 aliphatic heterocycles. The minimum atomic E-state index is -1.25. The lowest BCUT2D eigenvalue weighted by Gasteiger charge is -2.42. The number of carbonyl (C=O) groups is 2. The Morgan fingerprint density at radius 2 is 1.91 bits per heavy atom. The summed E-state index contributed by atoms with van der Waals surface area (Å²) in [6, 6.07) is 16.2. The Kier molecular flexibility index (Phi) is 6.15. The summed E-state index contributed by atoms with van der Waals surface area (Å²) in [4.78, 5) is 43.0. The smallest absolute Gasteiger partial charge is 0.341 e. The van der Waals surface area contributed by atoms with Crippen LogP contribution < -0.4 is 5.69 Å². The van der Waals surface area contributed by atoms with Crippen LogP contribution in [0.4, 0.5) is 0 Å². The van der Waals surface area contributed by atoms with Crippen LogP contribution in [-0.2, 0) is 16.0 Å². The zero-order valence-electron chi connectivity index (χ0n) is 18.9. The third-order valence-electron chi connectivity index (χ3n) is 5.77. The maximum Gasteiger partial charge on any atom is 0.341 e. The summed E-state index contributed by atoms with van der Waals surface area (Å²) in [7, 11) is 3.34. The predicted octanol–water partition coefficient (Wildman–Crippen LogP) is 1.62. The van der Waals surface area contributed by atoms with Crippen molar-refractivity contribution >= 4 is 11.8 Å². The molecule has 33 heavy (non-hydrogen) atoms. The van der Waals surface area contributed by atoms with Crippen LogP contribution >= 0.6 is 0 Å². The van der Waals surface area contributed by atoms with Crippen LogP contribution in [0, 0.1) is 6.92 Å². The normalized spacial score (nSPS) is 18.2. The predicted molar refractivity (Wildman–Crippen MR) is 123 cm³/mol. The highest BCUT2D eigenvalue weighted by Crippen LogP contribution is 2.28. The number of hydrogen-bond acceptors (Lipinski definition) is 5. The molecule has 4 rings (SSSR count). The van der Waals surface area contributed by atoms with E-state index in [9.17, 15) is 14.4 Å². The molecule has 0 bridgehead atoms. The Hall–Kier alpha value is -3.72. The van der Waals surface area contributed by atoms with Crippen LogP contribution in [0.15, 0.2) is 53.3 Å². The second-order valence-electron chi connectivity index (χ2n) is 8.54. The highest BCUT2D eigenvalue weighted by Gasteiger charge is 2.46. The van der Waals surface area contributed by atoms with E-state index in [4.69, 9.17) is 4.74 Å². The molecule has 0 aliphatic carbocycles. The van der Waals surface area contributed by atoms with Gasteiger partial charge in [-0.05, 0) is 23.6 Å². The summed E-state index contributed by atoms with van der Waals surface area (Å²) in [5.41, 5.74) is 2.42. The molecule has 1 aromatic heterocycles. The molecule has 1 aliphatic rings. The second-order valence-corrected chi connectivity index (χ2v) is 8.54. The van der Waals surface area contributed by atoms with Gasteiger partial charge in [-0.2, -0.15) is 0 Å². The molecule has 9 heteroatoms. The highest BCUT2D eigenvalue weighted by molar-refractivity contribution is 5.92. The first kappa shape index (κ1) is 22.5. The molecule has 0 unspecified atom stereocenters. The molecule has 0 radical (unpaired) electrons. The largest absolute Gasteiger partial charge is 0.361 e. The van der Waals surface area contributed by atoms with Gasteiger partial charge < -0.3 is 14.5 Å². The summed E-state index contributed by atoms with van der Waals surface area (Å²) >= 11 is 0. The number of hydrogen-bond donors (Lipinski definition) is 2. The number of nitrogens with one attached hydrogen (secondary N) is 2. The zero-order chi connectivity index (χ0) is 23.6. The number of carbonyl (C=O) groups excluding carboxylic acids is 2. The van der Waals surface area contributed by atoms with E-state index in [2.05, 4.69) is 39.4 Å². The SMILES string of the molecule is Cc1ccc(-c2cccc(C[C@@]3(C(=O)N(C)C)CN(C(=O)c4n[nH]c(=O)[nH]4)CCO3)c2)cc1. The summed E-state index contributed by atoms with van der Waals surface area (Å²) in [5, 5.41) is 5.93. The lowest BCUT2D eigenvalue weighted by atomic mass is 9.89. The second kappa shape index (κ2) is 9.03. The van der Waals surface area contributed by atoms with Gasteiger partial charge in [0.1, 0.15) is 0 Å². The number of nitrogens with zero attached hydrogens (tertiary/aromatic N) is 3. The van der Waals surface area contributed by atoms with Gasteiger partial charge in [0.2, 0.25) is 5.82 Å². The Bertz CT molecular complexity index is 1210. The monoisotopic (exact) mass is 449 g/mol. The molecule has 1 atom stereocenters. The minimum absolute atomic E-state index is 0.0481. The van der Waals surface area contributed by atoms with Crippen molar-refractivity contribution in [2.45, 2.75) is 18.9 Å². The fraction of sp³-hybridized carbons (Fsp3) is 0.333. The van der Waals surface area contributed by atoms with Crippen molar-refractivity contribution in [3.63, 3.8) is 0 Å². The van der Waals surface area contributed by atoms with E-state index in [1.807, 2.05) is 31.2 Å². The van der Waals surface area contributed by atoms with E-state index in [1.54, 1.807) is 14.1 Å². The number of aromatic nitrogens is 3. The molecule has 0 spiro atoms.